The lowest BCUT2D eigenvalue weighted by molar-refractivity contribution is 0.188. The molecule has 1 aliphatic carbocycles. The Morgan fingerprint density at radius 1 is 1.11 bits per heavy atom. The number of thiophene rings is 1. The molecule has 1 saturated heterocycles. The van der Waals surface area contributed by atoms with Crippen LogP contribution in [0, 0.1) is 26.7 Å². The number of pyridine rings is 1. The van der Waals surface area contributed by atoms with E-state index in [4.69, 9.17) is 0 Å². The molecule has 3 atom stereocenters. The zero-order valence-electron chi connectivity index (χ0n) is 21.6. The lowest BCUT2D eigenvalue weighted by Crippen LogP contribution is -2.34. The SMILES string of the molecule is Cc1c(-c2[nH]c3sc([C@@H]4CC5C[C@H]4CN5Cc4ncc[nH]4)c(C)c3c2C(C)C)cn2ncnc2c1C. The molecule has 2 aliphatic rings. The van der Waals surface area contributed by atoms with Crippen LogP contribution in [0.25, 0.3) is 27.1 Å². The first-order valence-corrected chi connectivity index (χ1v) is 13.9. The van der Waals surface area contributed by atoms with E-state index in [9.17, 15) is 0 Å². The molecule has 5 aromatic heterocycles. The lowest BCUT2D eigenvalue weighted by atomic mass is 9.88. The quantitative estimate of drug-likeness (QED) is 0.307. The van der Waals surface area contributed by atoms with E-state index in [1.165, 1.54) is 63.1 Å². The van der Waals surface area contributed by atoms with Gasteiger partial charge in [0.25, 0.3) is 0 Å². The van der Waals surface area contributed by atoms with Gasteiger partial charge >= 0.3 is 0 Å². The number of hydrogen-bond acceptors (Lipinski definition) is 5. The van der Waals surface area contributed by atoms with Crippen LogP contribution >= 0.6 is 11.3 Å². The molecule has 0 amide bonds. The molecule has 1 saturated carbocycles. The Balaban J connectivity index is 1.26. The van der Waals surface area contributed by atoms with Crippen molar-refractivity contribution in [2.24, 2.45) is 5.92 Å². The third-order valence-electron chi connectivity index (χ3n) is 8.83. The number of nitrogens with one attached hydrogen (secondary N) is 2. The maximum Gasteiger partial charge on any atom is 0.158 e. The van der Waals surface area contributed by atoms with Gasteiger partial charge in [-0.3, -0.25) is 4.90 Å². The van der Waals surface area contributed by atoms with Gasteiger partial charge < -0.3 is 9.97 Å². The van der Waals surface area contributed by atoms with Crippen molar-refractivity contribution in [3.63, 3.8) is 0 Å². The summed E-state index contributed by atoms with van der Waals surface area (Å²) in [5.74, 6) is 2.92. The molecule has 2 fully saturated rings. The highest BCUT2D eigenvalue weighted by Crippen LogP contribution is 2.53. The Morgan fingerprint density at radius 2 is 1.97 bits per heavy atom. The molecule has 2 N–H and O–H groups in total. The van der Waals surface area contributed by atoms with E-state index in [1.807, 2.05) is 28.2 Å². The van der Waals surface area contributed by atoms with Crippen molar-refractivity contribution in [2.45, 2.75) is 71.9 Å². The molecule has 6 heterocycles. The molecule has 0 aromatic carbocycles. The fraction of sp³-hybridized carbons (Fsp3) is 0.464. The van der Waals surface area contributed by atoms with Gasteiger partial charge in [0.05, 0.1) is 12.2 Å². The van der Waals surface area contributed by atoms with Crippen molar-refractivity contribution < 1.29 is 0 Å². The molecule has 7 rings (SSSR count). The minimum atomic E-state index is 0.421. The van der Waals surface area contributed by atoms with Gasteiger partial charge in [0.1, 0.15) is 17.0 Å². The van der Waals surface area contributed by atoms with E-state index in [-0.39, 0.29) is 0 Å². The Kier molecular flexibility index (Phi) is 4.95. The summed E-state index contributed by atoms with van der Waals surface area (Å²) >= 11 is 2.00. The normalized spacial score (nSPS) is 22.2. The molecule has 36 heavy (non-hydrogen) atoms. The largest absolute Gasteiger partial charge is 0.348 e. The van der Waals surface area contributed by atoms with E-state index in [2.05, 4.69) is 70.8 Å². The van der Waals surface area contributed by atoms with Crippen LogP contribution in [-0.2, 0) is 6.54 Å². The van der Waals surface area contributed by atoms with Gasteiger partial charge in [-0.15, -0.1) is 11.3 Å². The Hall–Kier alpha value is -2.97. The summed E-state index contributed by atoms with van der Waals surface area (Å²) in [4.78, 5) is 21.6. The number of H-pyrrole nitrogens is 2. The van der Waals surface area contributed by atoms with Gasteiger partial charge in [0.2, 0.25) is 0 Å². The van der Waals surface area contributed by atoms with Gasteiger partial charge in [-0.2, -0.15) is 5.10 Å². The molecule has 1 aliphatic heterocycles. The van der Waals surface area contributed by atoms with Crippen LogP contribution in [0.2, 0.25) is 0 Å². The standard InChI is InChI=1S/C28H33N7S/c1-14(2)23-24-17(5)26(20-9-19-8-18(20)10-34(19)12-22-29-6-7-30-22)36-28(24)33-25(23)21-11-35-27(31-13-32-35)16(4)15(21)3/h6-7,11,13-14,18-20,33H,8-10,12H2,1-5H3,(H,29,30)/t18-,19?,20+/m0/s1. The van der Waals surface area contributed by atoms with E-state index < -0.39 is 0 Å². The molecule has 0 radical (unpaired) electrons. The maximum atomic E-state index is 4.45. The number of fused-ring (bicyclic) bond motifs is 4. The van der Waals surface area contributed by atoms with Crippen molar-refractivity contribution in [1.82, 2.24) is 34.4 Å². The fourth-order valence-corrected chi connectivity index (χ4v) is 8.42. The minimum Gasteiger partial charge on any atom is -0.348 e. The molecule has 7 nitrogen and oxygen atoms in total. The first kappa shape index (κ1) is 22.2. The monoisotopic (exact) mass is 499 g/mol. The van der Waals surface area contributed by atoms with E-state index in [0.29, 0.717) is 17.9 Å². The van der Waals surface area contributed by atoms with Crippen LogP contribution in [0.1, 0.15) is 71.5 Å². The molecule has 186 valence electrons. The number of likely N-dealkylation sites (tertiary alicyclic amines) is 1. The van der Waals surface area contributed by atoms with Crippen molar-refractivity contribution in [3.05, 3.63) is 57.9 Å². The Bertz CT molecular complexity index is 1590. The second-order valence-electron chi connectivity index (χ2n) is 11.1. The highest BCUT2D eigenvalue weighted by molar-refractivity contribution is 7.19. The molecule has 2 bridgehead atoms. The van der Waals surface area contributed by atoms with Crippen molar-refractivity contribution in [3.8, 4) is 11.3 Å². The third-order valence-corrected chi connectivity index (χ3v) is 10.2. The number of aromatic amines is 2. The van der Waals surface area contributed by atoms with Crippen LogP contribution in [0.4, 0.5) is 0 Å². The van der Waals surface area contributed by atoms with E-state index in [1.54, 1.807) is 11.2 Å². The predicted molar refractivity (Wildman–Crippen MR) is 145 cm³/mol. The maximum absolute atomic E-state index is 4.45. The number of hydrogen-bond donors (Lipinski definition) is 2. The summed E-state index contributed by atoms with van der Waals surface area (Å²) in [7, 11) is 0. The summed E-state index contributed by atoms with van der Waals surface area (Å²) in [6.45, 7) is 13.5. The Morgan fingerprint density at radius 3 is 2.69 bits per heavy atom. The molecule has 8 heteroatoms. The number of imidazole rings is 1. The number of rotatable bonds is 5. The summed E-state index contributed by atoms with van der Waals surface area (Å²) in [5, 5.41) is 5.89. The zero-order chi connectivity index (χ0) is 24.7. The highest BCUT2D eigenvalue weighted by Gasteiger charge is 2.46. The van der Waals surface area contributed by atoms with Crippen LogP contribution in [0.5, 0.6) is 0 Å². The van der Waals surface area contributed by atoms with Gasteiger partial charge in [-0.25, -0.2) is 14.5 Å². The van der Waals surface area contributed by atoms with Crippen molar-refractivity contribution in [2.75, 3.05) is 6.54 Å². The smallest absolute Gasteiger partial charge is 0.158 e. The van der Waals surface area contributed by atoms with E-state index in [0.717, 1.165) is 23.9 Å². The van der Waals surface area contributed by atoms with E-state index >= 15 is 0 Å². The second kappa shape index (κ2) is 8.02. The lowest BCUT2D eigenvalue weighted by Gasteiger charge is -2.31. The summed E-state index contributed by atoms with van der Waals surface area (Å²) in [6.07, 6.45) is 10.2. The number of aryl methyl sites for hydroxylation is 2. The predicted octanol–water partition coefficient (Wildman–Crippen LogP) is 6.09. The third kappa shape index (κ3) is 3.16. The van der Waals surface area contributed by atoms with Crippen molar-refractivity contribution >= 4 is 27.2 Å². The first-order chi connectivity index (χ1) is 17.4. The average molecular weight is 500 g/mol. The average Bonchev–Trinajstić information content (AvgIpc) is 3.67. The van der Waals surface area contributed by atoms with Crippen LogP contribution in [-0.4, -0.2) is 47.0 Å². The number of piperidine rings is 1. The summed E-state index contributed by atoms with van der Waals surface area (Å²) in [5.41, 5.74) is 8.81. The van der Waals surface area contributed by atoms with Gasteiger partial charge in [-0.05, 0) is 73.6 Å². The molecular weight excluding hydrogens is 466 g/mol. The van der Waals surface area contributed by atoms with Gasteiger partial charge in [0, 0.05) is 47.0 Å². The molecular formula is C28H33N7S. The zero-order valence-corrected chi connectivity index (χ0v) is 22.4. The molecule has 5 aromatic rings. The van der Waals surface area contributed by atoms with Crippen LogP contribution in [0.3, 0.4) is 0 Å². The second-order valence-corrected chi connectivity index (χ2v) is 12.2. The minimum absolute atomic E-state index is 0.421. The Labute approximate surface area is 215 Å². The van der Waals surface area contributed by atoms with Gasteiger partial charge in [0.15, 0.2) is 5.65 Å². The molecule has 1 unspecified atom stereocenters. The summed E-state index contributed by atoms with van der Waals surface area (Å²) in [6, 6.07) is 0.671. The molecule has 0 spiro atoms. The van der Waals surface area contributed by atoms with Crippen LogP contribution in [0.15, 0.2) is 24.9 Å². The fourth-order valence-electron chi connectivity index (χ4n) is 6.98. The number of nitrogens with zero attached hydrogens (tertiary/aromatic N) is 5. The van der Waals surface area contributed by atoms with Crippen LogP contribution < -0.4 is 0 Å². The number of aromatic nitrogens is 6. The highest BCUT2D eigenvalue weighted by atomic mass is 32.1. The van der Waals surface area contributed by atoms with Crippen molar-refractivity contribution in [1.29, 1.82) is 0 Å². The topological polar surface area (TPSA) is 77.9 Å². The van der Waals surface area contributed by atoms with Gasteiger partial charge in [-0.1, -0.05) is 13.8 Å². The first-order valence-electron chi connectivity index (χ1n) is 13.1. The summed E-state index contributed by atoms with van der Waals surface area (Å²) < 4.78 is 1.92.